The fraction of sp³-hybridized carbons (Fsp3) is 0.409. The van der Waals surface area contributed by atoms with Crippen molar-refractivity contribution in [2.45, 2.75) is 38.8 Å². The molecule has 28 heavy (non-hydrogen) atoms. The number of nitrogens with two attached hydrogens (primary N) is 1. The number of benzene rings is 2. The van der Waals surface area contributed by atoms with E-state index >= 15 is 0 Å². The van der Waals surface area contributed by atoms with Gasteiger partial charge in [0.05, 0.1) is 5.92 Å². The highest BCUT2D eigenvalue weighted by atomic mass is 35.5. The maximum absolute atomic E-state index is 12.6. The number of carbonyl (C=O) groups is 1. The van der Waals surface area contributed by atoms with Crippen molar-refractivity contribution >= 4 is 36.4 Å². The monoisotopic (exact) mass is 423 g/mol. The van der Waals surface area contributed by atoms with E-state index in [1.807, 2.05) is 49.4 Å². The van der Waals surface area contributed by atoms with E-state index in [9.17, 15) is 4.79 Å². The van der Waals surface area contributed by atoms with Crippen LogP contribution in [0.1, 0.15) is 43.4 Å². The topological polar surface area (TPSA) is 58.4 Å². The number of halogens is 2. The molecule has 0 aromatic heterocycles. The van der Waals surface area contributed by atoms with Gasteiger partial charge in [0.15, 0.2) is 0 Å². The molecule has 0 spiro atoms. The van der Waals surface area contributed by atoms with Gasteiger partial charge < -0.3 is 11.1 Å². The fourth-order valence-corrected chi connectivity index (χ4v) is 3.51. The zero-order valence-corrected chi connectivity index (χ0v) is 18.0. The molecule has 3 rings (SSSR count). The molecule has 1 amide bonds. The Kier molecular flexibility index (Phi) is 10.5. The molecule has 1 fully saturated rings. The Bertz CT molecular complexity index is 721. The highest BCUT2D eigenvalue weighted by molar-refractivity contribution is 5.93. The largest absolute Gasteiger partial charge is 0.326 e. The van der Waals surface area contributed by atoms with Crippen LogP contribution in [0.3, 0.4) is 0 Å². The summed E-state index contributed by atoms with van der Waals surface area (Å²) in [5, 5.41) is 3.03. The average molecular weight is 424 g/mol. The summed E-state index contributed by atoms with van der Waals surface area (Å²) >= 11 is 0. The van der Waals surface area contributed by atoms with E-state index in [-0.39, 0.29) is 42.7 Å². The summed E-state index contributed by atoms with van der Waals surface area (Å²) in [5.41, 5.74) is 9.34. The number of rotatable bonds is 6. The summed E-state index contributed by atoms with van der Waals surface area (Å²) in [6, 6.07) is 17.6. The number of hydrogen-bond donors (Lipinski definition) is 2. The number of nitrogens with one attached hydrogen (secondary N) is 1. The van der Waals surface area contributed by atoms with E-state index in [1.54, 1.807) is 0 Å². The lowest BCUT2D eigenvalue weighted by Crippen LogP contribution is -2.30. The quantitative estimate of drug-likeness (QED) is 0.701. The van der Waals surface area contributed by atoms with Gasteiger partial charge in [0.1, 0.15) is 0 Å². The smallest absolute Gasteiger partial charge is 0.229 e. The van der Waals surface area contributed by atoms with E-state index < -0.39 is 0 Å². The minimum atomic E-state index is -0.312. The Morgan fingerprint density at radius 1 is 1.04 bits per heavy atom. The van der Waals surface area contributed by atoms with Gasteiger partial charge >= 0.3 is 0 Å². The molecule has 2 unspecified atom stereocenters. The summed E-state index contributed by atoms with van der Waals surface area (Å²) in [6.45, 7) is 5.16. The fourth-order valence-electron chi connectivity index (χ4n) is 3.51. The van der Waals surface area contributed by atoms with Gasteiger partial charge in [-0.3, -0.25) is 9.69 Å². The molecule has 1 aliphatic heterocycles. The summed E-state index contributed by atoms with van der Waals surface area (Å²) in [7, 11) is 0. The predicted octanol–water partition coefficient (Wildman–Crippen LogP) is 4.79. The van der Waals surface area contributed by atoms with Gasteiger partial charge in [0, 0.05) is 18.3 Å². The second-order valence-electron chi connectivity index (χ2n) is 7.25. The summed E-state index contributed by atoms with van der Waals surface area (Å²) in [5.74, 6) is -0.348. The van der Waals surface area contributed by atoms with Crippen molar-refractivity contribution in [2.75, 3.05) is 18.4 Å². The summed E-state index contributed by atoms with van der Waals surface area (Å²) < 4.78 is 0. The predicted molar refractivity (Wildman–Crippen MR) is 121 cm³/mol. The number of nitrogens with zero attached hydrogens (tertiary/aromatic N) is 1. The third-order valence-corrected chi connectivity index (χ3v) is 5.19. The van der Waals surface area contributed by atoms with Crippen LogP contribution in [0.15, 0.2) is 54.6 Å². The first-order valence-corrected chi connectivity index (χ1v) is 9.56. The van der Waals surface area contributed by atoms with Crippen LogP contribution in [0, 0.1) is 5.92 Å². The number of piperidine rings is 1. The minimum Gasteiger partial charge on any atom is -0.326 e. The second kappa shape index (κ2) is 12.1. The third-order valence-electron chi connectivity index (χ3n) is 5.19. The molecule has 1 aliphatic rings. The molecule has 0 bridgehead atoms. The zero-order valence-electron chi connectivity index (χ0n) is 16.3. The number of anilines is 1. The Morgan fingerprint density at radius 3 is 2.39 bits per heavy atom. The van der Waals surface area contributed by atoms with Crippen molar-refractivity contribution in [2.24, 2.45) is 11.7 Å². The second-order valence-corrected chi connectivity index (χ2v) is 7.25. The molecule has 1 heterocycles. The lowest BCUT2D eigenvalue weighted by molar-refractivity contribution is -0.120. The van der Waals surface area contributed by atoms with Crippen LogP contribution >= 0.6 is 24.8 Å². The Hall–Kier alpha value is -1.59. The SMILES string of the molecule is CC(C(=O)Nc1cccc(CN2CCCCC2)c1)C(N)c1ccccc1.Cl.Cl. The van der Waals surface area contributed by atoms with Gasteiger partial charge in [0.2, 0.25) is 5.91 Å². The van der Waals surface area contributed by atoms with Crippen LogP contribution in [-0.2, 0) is 11.3 Å². The average Bonchev–Trinajstić information content (AvgIpc) is 2.68. The molecular formula is C22H31Cl2N3O. The van der Waals surface area contributed by atoms with Crippen molar-refractivity contribution < 1.29 is 4.79 Å². The molecule has 0 aliphatic carbocycles. The molecule has 2 aromatic carbocycles. The standard InChI is InChI=1S/C22H29N3O.2ClH/c1-17(21(23)19-10-4-2-5-11-19)22(26)24-20-12-8-9-18(15-20)16-25-13-6-3-7-14-25;;/h2,4-5,8-12,15,17,21H,3,6-7,13-14,16,23H2,1H3,(H,24,26);2*1H. The molecule has 0 saturated carbocycles. The van der Waals surface area contributed by atoms with Gasteiger partial charge in [-0.25, -0.2) is 0 Å². The van der Waals surface area contributed by atoms with E-state index in [2.05, 4.69) is 22.3 Å². The first kappa shape index (κ1) is 24.4. The van der Waals surface area contributed by atoms with Crippen molar-refractivity contribution in [3.05, 3.63) is 65.7 Å². The van der Waals surface area contributed by atoms with Crippen LogP contribution in [-0.4, -0.2) is 23.9 Å². The van der Waals surface area contributed by atoms with E-state index in [4.69, 9.17) is 5.73 Å². The highest BCUT2D eigenvalue weighted by Crippen LogP contribution is 2.22. The Balaban J connectivity index is 0.00000196. The number of hydrogen-bond acceptors (Lipinski definition) is 3. The van der Waals surface area contributed by atoms with Crippen molar-refractivity contribution in [1.29, 1.82) is 0 Å². The van der Waals surface area contributed by atoms with Crippen LogP contribution in [0.5, 0.6) is 0 Å². The molecule has 0 radical (unpaired) electrons. The first-order valence-electron chi connectivity index (χ1n) is 9.56. The molecule has 3 N–H and O–H groups in total. The highest BCUT2D eigenvalue weighted by Gasteiger charge is 2.22. The lowest BCUT2D eigenvalue weighted by Gasteiger charge is -2.26. The molecule has 4 nitrogen and oxygen atoms in total. The van der Waals surface area contributed by atoms with Crippen LogP contribution in [0.2, 0.25) is 0 Å². The van der Waals surface area contributed by atoms with Gasteiger partial charge in [-0.1, -0.05) is 55.8 Å². The van der Waals surface area contributed by atoms with E-state index in [0.717, 1.165) is 17.8 Å². The molecule has 154 valence electrons. The van der Waals surface area contributed by atoms with Crippen molar-refractivity contribution in [3.8, 4) is 0 Å². The van der Waals surface area contributed by atoms with E-state index in [1.165, 1.54) is 37.9 Å². The van der Waals surface area contributed by atoms with Crippen LogP contribution in [0.25, 0.3) is 0 Å². The van der Waals surface area contributed by atoms with Crippen molar-refractivity contribution in [3.63, 3.8) is 0 Å². The van der Waals surface area contributed by atoms with Gasteiger partial charge in [-0.05, 0) is 49.2 Å². The third kappa shape index (κ3) is 6.78. The number of carbonyl (C=O) groups excluding carboxylic acids is 1. The zero-order chi connectivity index (χ0) is 18.4. The maximum atomic E-state index is 12.6. The molecule has 2 atom stereocenters. The first-order chi connectivity index (χ1) is 12.6. The summed E-state index contributed by atoms with van der Waals surface area (Å²) in [4.78, 5) is 15.1. The van der Waals surface area contributed by atoms with Gasteiger partial charge in [-0.2, -0.15) is 0 Å². The Labute approximate surface area is 180 Å². The van der Waals surface area contributed by atoms with Gasteiger partial charge in [0.25, 0.3) is 0 Å². The molecule has 2 aromatic rings. The molecule has 1 saturated heterocycles. The normalized spacial score (nSPS) is 16.2. The summed E-state index contributed by atoms with van der Waals surface area (Å²) in [6.07, 6.45) is 3.91. The number of likely N-dealkylation sites (tertiary alicyclic amines) is 1. The maximum Gasteiger partial charge on any atom is 0.229 e. The Morgan fingerprint density at radius 2 is 1.71 bits per heavy atom. The van der Waals surface area contributed by atoms with Crippen LogP contribution < -0.4 is 11.1 Å². The molecular weight excluding hydrogens is 393 g/mol. The number of amides is 1. The lowest BCUT2D eigenvalue weighted by atomic mass is 9.94. The minimum absolute atomic E-state index is 0. The molecule has 6 heteroatoms. The van der Waals surface area contributed by atoms with Crippen molar-refractivity contribution in [1.82, 2.24) is 4.90 Å². The van der Waals surface area contributed by atoms with Crippen LogP contribution in [0.4, 0.5) is 5.69 Å². The van der Waals surface area contributed by atoms with Gasteiger partial charge in [-0.15, -0.1) is 24.8 Å². The van der Waals surface area contributed by atoms with E-state index in [0.29, 0.717) is 0 Å².